The van der Waals surface area contributed by atoms with Crippen molar-refractivity contribution in [2.45, 2.75) is 38.5 Å². The number of nitrogens with zero attached hydrogens (tertiary/aromatic N) is 1. The zero-order valence-corrected chi connectivity index (χ0v) is 12.2. The van der Waals surface area contributed by atoms with Gasteiger partial charge in [-0.25, -0.2) is 4.98 Å². The van der Waals surface area contributed by atoms with Gasteiger partial charge in [-0.1, -0.05) is 18.2 Å². The summed E-state index contributed by atoms with van der Waals surface area (Å²) in [6, 6.07) is 6.50. The summed E-state index contributed by atoms with van der Waals surface area (Å²) in [6.45, 7) is 0.645. The van der Waals surface area contributed by atoms with Gasteiger partial charge >= 0.3 is 0 Å². The maximum absolute atomic E-state index is 12.0. The van der Waals surface area contributed by atoms with Gasteiger partial charge in [-0.05, 0) is 42.4 Å². The molecule has 2 aromatic rings. The summed E-state index contributed by atoms with van der Waals surface area (Å²) in [6.07, 6.45) is 9.61. The number of hydrogen-bond donors (Lipinski definition) is 2. The van der Waals surface area contributed by atoms with Crippen molar-refractivity contribution in [2.24, 2.45) is 0 Å². The number of nitrogens with one attached hydrogen (secondary N) is 2. The highest BCUT2D eigenvalue weighted by Crippen LogP contribution is 2.22. The number of carbonyl (C=O) groups is 1. The molecule has 0 spiro atoms. The zero-order valence-electron chi connectivity index (χ0n) is 12.2. The Bertz CT molecular complexity index is 605. The molecule has 0 fully saturated rings. The van der Waals surface area contributed by atoms with Crippen molar-refractivity contribution in [3.05, 3.63) is 53.1 Å². The fourth-order valence-electron chi connectivity index (χ4n) is 2.90. The minimum Gasteiger partial charge on any atom is -0.355 e. The number of fused-ring (bicyclic) bond motifs is 1. The predicted molar refractivity (Wildman–Crippen MR) is 82.1 cm³/mol. The Balaban J connectivity index is 1.50. The van der Waals surface area contributed by atoms with Crippen molar-refractivity contribution < 1.29 is 4.79 Å². The summed E-state index contributed by atoms with van der Waals surface area (Å²) < 4.78 is 0. The summed E-state index contributed by atoms with van der Waals surface area (Å²) >= 11 is 0. The van der Waals surface area contributed by atoms with E-state index in [1.165, 1.54) is 30.4 Å². The third kappa shape index (κ3) is 3.72. The lowest BCUT2D eigenvalue weighted by Gasteiger charge is -2.16. The minimum atomic E-state index is 0.0882. The van der Waals surface area contributed by atoms with E-state index < -0.39 is 0 Å². The number of amides is 1. The van der Waals surface area contributed by atoms with Crippen molar-refractivity contribution in [3.8, 4) is 0 Å². The monoisotopic (exact) mass is 283 g/mol. The Morgan fingerprint density at radius 3 is 2.90 bits per heavy atom. The highest BCUT2D eigenvalue weighted by atomic mass is 16.1. The van der Waals surface area contributed by atoms with E-state index in [2.05, 4.69) is 33.5 Å². The molecular formula is C17H21N3O. The number of aryl methyl sites for hydroxylation is 2. The van der Waals surface area contributed by atoms with E-state index in [1.54, 1.807) is 12.5 Å². The van der Waals surface area contributed by atoms with Crippen molar-refractivity contribution in [1.29, 1.82) is 0 Å². The van der Waals surface area contributed by atoms with Crippen molar-refractivity contribution in [1.82, 2.24) is 15.3 Å². The van der Waals surface area contributed by atoms with E-state index in [9.17, 15) is 4.79 Å². The lowest BCUT2D eigenvalue weighted by Crippen LogP contribution is -2.27. The van der Waals surface area contributed by atoms with E-state index in [0.29, 0.717) is 13.0 Å². The summed E-state index contributed by atoms with van der Waals surface area (Å²) in [4.78, 5) is 19.0. The molecule has 1 heterocycles. The Hall–Kier alpha value is -2.10. The molecule has 0 atom stereocenters. The highest BCUT2D eigenvalue weighted by Gasteiger charge is 2.11. The summed E-state index contributed by atoms with van der Waals surface area (Å²) in [5.74, 6) is 0.0882. The maximum atomic E-state index is 12.0. The van der Waals surface area contributed by atoms with Crippen LogP contribution < -0.4 is 5.32 Å². The highest BCUT2D eigenvalue weighted by molar-refractivity contribution is 5.78. The SMILES string of the molecule is O=C(Cc1ccc2c(c1)CCCC2)NCCc1cnc[nH]1. The normalized spacial score (nSPS) is 13.7. The van der Waals surface area contributed by atoms with Crippen LogP contribution in [0.2, 0.25) is 0 Å². The first kappa shape index (κ1) is 13.9. The predicted octanol–water partition coefficient (Wildman–Crippen LogP) is 2.19. The molecule has 4 heteroatoms. The van der Waals surface area contributed by atoms with Gasteiger partial charge in [-0.2, -0.15) is 0 Å². The van der Waals surface area contributed by atoms with Crippen LogP contribution in [0.5, 0.6) is 0 Å². The smallest absolute Gasteiger partial charge is 0.224 e. The number of imidazole rings is 1. The van der Waals surface area contributed by atoms with Gasteiger partial charge in [0.05, 0.1) is 12.7 Å². The molecule has 0 saturated heterocycles. The number of carbonyl (C=O) groups excluding carboxylic acids is 1. The fourth-order valence-corrected chi connectivity index (χ4v) is 2.90. The molecule has 21 heavy (non-hydrogen) atoms. The van der Waals surface area contributed by atoms with Crippen molar-refractivity contribution in [3.63, 3.8) is 0 Å². The molecule has 3 rings (SSSR count). The Morgan fingerprint density at radius 1 is 1.24 bits per heavy atom. The van der Waals surface area contributed by atoms with E-state index in [4.69, 9.17) is 0 Å². The largest absolute Gasteiger partial charge is 0.355 e. The van der Waals surface area contributed by atoms with Crippen molar-refractivity contribution in [2.75, 3.05) is 6.54 Å². The van der Waals surface area contributed by atoms with Crippen LogP contribution in [-0.2, 0) is 30.5 Å². The van der Waals surface area contributed by atoms with Crippen LogP contribution in [0.1, 0.15) is 35.2 Å². The Morgan fingerprint density at radius 2 is 2.10 bits per heavy atom. The molecule has 0 radical (unpaired) electrons. The number of hydrogen-bond acceptors (Lipinski definition) is 2. The average Bonchev–Trinajstić information content (AvgIpc) is 3.00. The first-order valence-corrected chi connectivity index (χ1v) is 7.66. The molecule has 0 unspecified atom stereocenters. The third-order valence-electron chi connectivity index (χ3n) is 4.05. The van der Waals surface area contributed by atoms with E-state index >= 15 is 0 Å². The van der Waals surface area contributed by atoms with Gasteiger partial charge in [-0.3, -0.25) is 4.79 Å². The van der Waals surface area contributed by atoms with E-state index in [-0.39, 0.29) is 5.91 Å². The van der Waals surface area contributed by atoms with Gasteiger partial charge in [0.25, 0.3) is 0 Å². The lowest BCUT2D eigenvalue weighted by molar-refractivity contribution is -0.120. The molecule has 110 valence electrons. The minimum absolute atomic E-state index is 0.0882. The number of aromatic nitrogens is 2. The maximum Gasteiger partial charge on any atom is 0.224 e. The lowest BCUT2D eigenvalue weighted by atomic mass is 9.90. The molecule has 1 amide bonds. The van der Waals surface area contributed by atoms with Gasteiger partial charge < -0.3 is 10.3 Å². The molecule has 1 aromatic heterocycles. The molecule has 4 nitrogen and oxygen atoms in total. The average molecular weight is 283 g/mol. The molecule has 0 aliphatic heterocycles. The van der Waals surface area contributed by atoms with Crippen molar-refractivity contribution >= 4 is 5.91 Å². The summed E-state index contributed by atoms with van der Waals surface area (Å²) in [7, 11) is 0. The van der Waals surface area contributed by atoms with Crippen LogP contribution in [0.3, 0.4) is 0 Å². The van der Waals surface area contributed by atoms with Gasteiger partial charge in [-0.15, -0.1) is 0 Å². The van der Waals surface area contributed by atoms with Crippen LogP contribution in [0, 0.1) is 0 Å². The molecule has 2 N–H and O–H groups in total. The molecular weight excluding hydrogens is 262 g/mol. The first-order valence-electron chi connectivity index (χ1n) is 7.66. The third-order valence-corrected chi connectivity index (χ3v) is 4.05. The van der Waals surface area contributed by atoms with Gasteiger partial charge in [0, 0.05) is 24.9 Å². The van der Waals surface area contributed by atoms with Crippen LogP contribution in [0.25, 0.3) is 0 Å². The quantitative estimate of drug-likeness (QED) is 0.883. The zero-order chi connectivity index (χ0) is 14.5. The molecule has 1 aliphatic rings. The first-order chi connectivity index (χ1) is 10.3. The van der Waals surface area contributed by atoms with E-state index in [1.807, 2.05) is 0 Å². The summed E-state index contributed by atoms with van der Waals surface area (Å²) in [5.41, 5.74) is 5.06. The van der Waals surface area contributed by atoms with Gasteiger partial charge in [0.1, 0.15) is 0 Å². The van der Waals surface area contributed by atoms with Gasteiger partial charge in [0.2, 0.25) is 5.91 Å². The molecule has 0 bridgehead atoms. The second-order valence-corrected chi connectivity index (χ2v) is 5.66. The Kier molecular flexibility index (Phi) is 4.34. The second-order valence-electron chi connectivity index (χ2n) is 5.66. The number of rotatable bonds is 5. The Labute approximate surface area is 125 Å². The topological polar surface area (TPSA) is 57.8 Å². The van der Waals surface area contributed by atoms with Crippen LogP contribution in [0.15, 0.2) is 30.7 Å². The molecule has 1 aliphatic carbocycles. The van der Waals surface area contributed by atoms with Crippen LogP contribution in [0.4, 0.5) is 0 Å². The number of H-pyrrole nitrogens is 1. The molecule has 0 saturated carbocycles. The fraction of sp³-hybridized carbons (Fsp3) is 0.412. The van der Waals surface area contributed by atoms with Gasteiger partial charge in [0.15, 0.2) is 0 Å². The van der Waals surface area contributed by atoms with Crippen LogP contribution in [-0.4, -0.2) is 22.4 Å². The number of benzene rings is 1. The molecule has 1 aromatic carbocycles. The number of aromatic amines is 1. The van der Waals surface area contributed by atoms with E-state index in [0.717, 1.165) is 24.1 Å². The standard InChI is InChI=1S/C17H21N3O/c21-17(19-8-7-16-11-18-12-20-16)10-13-5-6-14-3-1-2-4-15(14)9-13/h5-6,9,11-12H,1-4,7-8,10H2,(H,18,20)(H,19,21). The summed E-state index contributed by atoms with van der Waals surface area (Å²) in [5, 5.41) is 2.96. The second kappa shape index (κ2) is 6.57. The van der Waals surface area contributed by atoms with Crippen LogP contribution >= 0.6 is 0 Å².